The Morgan fingerprint density at radius 3 is 2.48 bits per heavy atom. The number of ether oxygens (including phenoxy) is 1. The third-order valence-electron chi connectivity index (χ3n) is 2.72. The Labute approximate surface area is 129 Å². The van der Waals surface area contributed by atoms with Gasteiger partial charge in [-0.3, -0.25) is 9.59 Å². The van der Waals surface area contributed by atoms with Crippen molar-refractivity contribution in [1.29, 1.82) is 0 Å². The largest absolute Gasteiger partial charge is 0.481 e. The summed E-state index contributed by atoms with van der Waals surface area (Å²) in [6, 6.07) is 7.74. The highest BCUT2D eigenvalue weighted by Gasteiger charge is 2.14. The summed E-state index contributed by atoms with van der Waals surface area (Å²) in [5.41, 5.74) is 1.08. The van der Waals surface area contributed by atoms with Crippen LogP contribution in [0.2, 0.25) is 0 Å². The van der Waals surface area contributed by atoms with Gasteiger partial charge in [0.2, 0.25) is 0 Å². The molecule has 21 heavy (non-hydrogen) atoms. The quantitative estimate of drug-likeness (QED) is 0.495. The van der Waals surface area contributed by atoms with Crippen LogP contribution >= 0.6 is 12.6 Å². The Balaban J connectivity index is 2.36. The first kappa shape index (κ1) is 17.3. The number of thiol groups is 1. The van der Waals surface area contributed by atoms with Gasteiger partial charge in [-0.1, -0.05) is 12.1 Å². The standard InChI is InChI=1S/C14H20N2O4S/c1-16(2)11-5-3-10(4-6-11)9-20-14(21)13(19)15-8-7-12(17)18/h3-6,14,21H,7-9H2,1-2H3,(H,15,19)(H,17,18). The zero-order valence-electron chi connectivity index (χ0n) is 12.1. The van der Waals surface area contributed by atoms with Crippen molar-refractivity contribution in [2.75, 3.05) is 25.5 Å². The number of amides is 1. The number of nitrogens with one attached hydrogen (secondary N) is 1. The molecule has 2 N–H and O–H groups in total. The Morgan fingerprint density at radius 2 is 1.95 bits per heavy atom. The number of rotatable bonds is 8. The SMILES string of the molecule is CN(C)c1ccc(COC(S)C(=O)NCCC(=O)O)cc1. The van der Waals surface area contributed by atoms with Crippen LogP contribution in [-0.4, -0.2) is 43.1 Å². The highest BCUT2D eigenvalue weighted by Crippen LogP contribution is 2.13. The lowest BCUT2D eigenvalue weighted by Gasteiger charge is -2.14. The third kappa shape index (κ3) is 6.50. The number of carbonyl (C=O) groups excluding carboxylic acids is 1. The highest BCUT2D eigenvalue weighted by atomic mass is 32.1. The molecular formula is C14H20N2O4S. The van der Waals surface area contributed by atoms with E-state index in [1.807, 2.05) is 43.3 Å². The summed E-state index contributed by atoms with van der Waals surface area (Å²) in [6.45, 7) is 0.320. The Morgan fingerprint density at radius 1 is 1.33 bits per heavy atom. The monoisotopic (exact) mass is 312 g/mol. The molecule has 1 atom stereocenters. The molecular weight excluding hydrogens is 292 g/mol. The number of aliphatic carboxylic acids is 1. The van der Waals surface area contributed by atoms with Crippen molar-refractivity contribution in [3.8, 4) is 0 Å². The molecule has 6 nitrogen and oxygen atoms in total. The van der Waals surface area contributed by atoms with E-state index in [9.17, 15) is 9.59 Å². The van der Waals surface area contributed by atoms with Gasteiger partial charge in [-0.05, 0) is 17.7 Å². The van der Waals surface area contributed by atoms with Crippen LogP contribution in [0.5, 0.6) is 0 Å². The molecule has 0 spiro atoms. The summed E-state index contributed by atoms with van der Waals surface area (Å²) < 4.78 is 5.34. The Hall–Kier alpha value is -1.73. The van der Waals surface area contributed by atoms with Crippen LogP contribution in [0.15, 0.2) is 24.3 Å². The first-order chi connectivity index (χ1) is 9.90. The van der Waals surface area contributed by atoms with Crippen LogP contribution in [0.1, 0.15) is 12.0 Å². The van der Waals surface area contributed by atoms with Crippen LogP contribution < -0.4 is 10.2 Å². The molecule has 0 fully saturated rings. The smallest absolute Gasteiger partial charge is 0.305 e. The van der Waals surface area contributed by atoms with E-state index in [4.69, 9.17) is 9.84 Å². The highest BCUT2D eigenvalue weighted by molar-refractivity contribution is 7.81. The number of carbonyl (C=O) groups is 2. The van der Waals surface area contributed by atoms with Gasteiger partial charge in [0.25, 0.3) is 5.91 Å². The first-order valence-electron chi connectivity index (χ1n) is 6.45. The molecule has 7 heteroatoms. The molecule has 1 rings (SSSR count). The van der Waals surface area contributed by atoms with Crippen molar-refractivity contribution < 1.29 is 19.4 Å². The molecule has 1 aromatic carbocycles. The van der Waals surface area contributed by atoms with Crippen molar-refractivity contribution in [1.82, 2.24) is 5.32 Å². The molecule has 0 aliphatic rings. The number of hydrogen-bond donors (Lipinski definition) is 3. The van der Waals surface area contributed by atoms with Crippen molar-refractivity contribution in [2.24, 2.45) is 0 Å². The first-order valence-corrected chi connectivity index (χ1v) is 6.97. The maximum Gasteiger partial charge on any atom is 0.305 e. The van der Waals surface area contributed by atoms with E-state index in [0.29, 0.717) is 0 Å². The van der Waals surface area contributed by atoms with E-state index in [0.717, 1.165) is 11.3 Å². The number of hydrogen-bond acceptors (Lipinski definition) is 5. The second kappa shape index (κ2) is 8.53. The summed E-state index contributed by atoms with van der Waals surface area (Å²) >= 11 is 4.04. The lowest BCUT2D eigenvalue weighted by Crippen LogP contribution is -2.34. The minimum absolute atomic E-state index is 0.0616. The van der Waals surface area contributed by atoms with Gasteiger partial charge >= 0.3 is 5.97 Å². The summed E-state index contributed by atoms with van der Waals surface area (Å²) in [5, 5.41) is 10.9. The Bertz CT molecular complexity index is 476. The summed E-state index contributed by atoms with van der Waals surface area (Å²) in [7, 11) is 3.91. The fourth-order valence-electron chi connectivity index (χ4n) is 1.52. The van der Waals surface area contributed by atoms with Crippen molar-refractivity contribution in [2.45, 2.75) is 18.5 Å². The van der Waals surface area contributed by atoms with Gasteiger partial charge in [-0.2, -0.15) is 0 Å². The van der Waals surface area contributed by atoms with Gasteiger partial charge in [0.15, 0.2) is 5.44 Å². The summed E-state index contributed by atoms with van der Waals surface area (Å²) in [5.74, 6) is -1.41. The minimum Gasteiger partial charge on any atom is -0.481 e. The van der Waals surface area contributed by atoms with Gasteiger partial charge < -0.3 is 20.1 Å². The predicted molar refractivity (Wildman–Crippen MR) is 83.6 cm³/mol. The molecule has 0 heterocycles. The topological polar surface area (TPSA) is 78.9 Å². The van der Waals surface area contributed by atoms with Gasteiger partial charge in [0.1, 0.15) is 0 Å². The molecule has 0 radical (unpaired) electrons. The lowest BCUT2D eigenvalue weighted by atomic mass is 10.2. The normalized spacial score (nSPS) is 11.8. The maximum absolute atomic E-state index is 11.6. The second-order valence-corrected chi connectivity index (χ2v) is 5.13. The van der Waals surface area contributed by atoms with Gasteiger partial charge in [0.05, 0.1) is 13.0 Å². The van der Waals surface area contributed by atoms with E-state index in [1.165, 1.54) is 0 Å². The van der Waals surface area contributed by atoms with Crippen molar-refractivity contribution in [3.05, 3.63) is 29.8 Å². The number of benzene rings is 1. The third-order valence-corrected chi connectivity index (χ3v) is 3.11. The fraction of sp³-hybridized carbons (Fsp3) is 0.429. The minimum atomic E-state index is -0.965. The summed E-state index contributed by atoms with van der Waals surface area (Å²) in [4.78, 5) is 23.9. The van der Waals surface area contributed by atoms with Gasteiger partial charge in [0, 0.05) is 26.3 Å². The van der Waals surface area contributed by atoms with E-state index >= 15 is 0 Å². The van der Waals surface area contributed by atoms with Gasteiger partial charge in [-0.25, -0.2) is 0 Å². The maximum atomic E-state index is 11.6. The number of carboxylic acid groups (broad SMARTS) is 1. The molecule has 0 aromatic heterocycles. The van der Waals surface area contributed by atoms with E-state index in [1.54, 1.807) is 0 Å². The number of nitrogens with zero attached hydrogens (tertiary/aromatic N) is 1. The van der Waals surface area contributed by atoms with Crippen LogP contribution in [0.4, 0.5) is 5.69 Å². The van der Waals surface area contributed by atoms with Crippen LogP contribution in [0, 0.1) is 0 Å². The van der Waals surface area contributed by atoms with E-state index < -0.39 is 17.3 Å². The molecule has 1 unspecified atom stereocenters. The average molecular weight is 312 g/mol. The molecule has 1 aromatic rings. The van der Waals surface area contributed by atoms with Gasteiger partial charge in [-0.15, -0.1) is 12.6 Å². The summed E-state index contributed by atoms with van der Waals surface area (Å²) in [6.07, 6.45) is -0.127. The van der Waals surface area contributed by atoms with Crippen LogP contribution in [0.3, 0.4) is 0 Å². The zero-order valence-corrected chi connectivity index (χ0v) is 13.0. The lowest BCUT2D eigenvalue weighted by molar-refractivity contribution is -0.137. The molecule has 0 aliphatic carbocycles. The number of carboxylic acids is 1. The molecule has 1 amide bonds. The molecule has 0 bridgehead atoms. The van der Waals surface area contributed by atoms with E-state index in [-0.39, 0.29) is 19.6 Å². The molecule has 0 aliphatic heterocycles. The van der Waals surface area contributed by atoms with Crippen LogP contribution in [-0.2, 0) is 20.9 Å². The Kier molecular flexibility index (Phi) is 7.04. The zero-order chi connectivity index (χ0) is 15.8. The van der Waals surface area contributed by atoms with Crippen LogP contribution in [0.25, 0.3) is 0 Å². The average Bonchev–Trinajstić information content (AvgIpc) is 2.44. The predicted octanol–water partition coefficient (Wildman–Crippen LogP) is 1.12. The number of anilines is 1. The van der Waals surface area contributed by atoms with Crippen molar-refractivity contribution in [3.63, 3.8) is 0 Å². The second-order valence-electron chi connectivity index (χ2n) is 4.66. The fourth-order valence-corrected chi connectivity index (χ4v) is 1.69. The van der Waals surface area contributed by atoms with Crippen molar-refractivity contribution >= 4 is 30.2 Å². The molecule has 0 saturated heterocycles. The molecule has 0 saturated carbocycles. The molecule has 116 valence electrons. The van der Waals surface area contributed by atoms with E-state index in [2.05, 4.69) is 17.9 Å².